The lowest BCUT2D eigenvalue weighted by molar-refractivity contribution is 0.402. The SMILES string of the molecule is CN(C)Cc1ccc(CNC2CC2)cc1. The van der Waals surface area contributed by atoms with Gasteiger partial charge in [-0.05, 0) is 38.1 Å². The molecule has 1 aromatic carbocycles. The van der Waals surface area contributed by atoms with Crippen LogP contribution in [-0.4, -0.2) is 25.0 Å². The van der Waals surface area contributed by atoms with E-state index in [-0.39, 0.29) is 0 Å². The van der Waals surface area contributed by atoms with Crippen LogP contribution in [0.15, 0.2) is 24.3 Å². The Bertz CT molecular complexity index is 299. The minimum absolute atomic E-state index is 0.798. The van der Waals surface area contributed by atoms with Crippen molar-refractivity contribution in [2.45, 2.75) is 32.0 Å². The maximum absolute atomic E-state index is 3.52. The van der Waals surface area contributed by atoms with E-state index in [1.165, 1.54) is 24.0 Å². The summed E-state index contributed by atoms with van der Waals surface area (Å²) < 4.78 is 0. The fourth-order valence-corrected chi connectivity index (χ4v) is 1.68. The standard InChI is InChI=1S/C13H20N2/c1-15(2)10-12-5-3-11(4-6-12)9-14-13-7-8-13/h3-6,13-14H,7-10H2,1-2H3. The van der Waals surface area contributed by atoms with Gasteiger partial charge in [-0.15, -0.1) is 0 Å². The lowest BCUT2D eigenvalue weighted by atomic mass is 10.1. The quantitative estimate of drug-likeness (QED) is 0.789. The van der Waals surface area contributed by atoms with Gasteiger partial charge in [-0.25, -0.2) is 0 Å². The molecular formula is C13H20N2. The molecule has 1 saturated carbocycles. The molecule has 0 spiro atoms. The van der Waals surface area contributed by atoms with Crippen molar-refractivity contribution in [2.24, 2.45) is 0 Å². The predicted molar refractivity (Wildman–Crippen MR) is 63.7 cm³/mol. The molecule has 2 rings (SSSR count). The second kappa shape index (κ2) is 4.77. The van der Waals surface area contributed by atoms with Crippen LogP contribution in [0.3, 0.4) is 0 Å². The van der Waals surface area contributed by atoms with Gasteiger partial charge in [0.1, 0.15) is 0 Å². The van der Waals surface area contributed by atoms with E-state index in [1.807, 2.05) is 0 Å². The van der Waals surface area contributed by atoms with Crippen molar-refractivity contribution in [3.8, 4) is 0 Å². The first kappa shape index (κ1) is 10.7. The molecule has 0 heterocycles. The third-order valence-electron chi connectivity index (χ3n) is 2.69. The second-order valence-electron chi connectivity index (χ2n) is 4.71. The van der Waals surface area contributed by atoms with E-state index in [0.717, 1.165) is 19.1 Å². The van der Waals surface area contributed by atoms with Crippen LogP contribution < -0.4 is 5.32 Å². The van der Waals surface area contributed by atoms with Gasteiger partial charge >= 0.3 is 0 Å². The summed E-state index contributed by atoms with van der Waals surface area (Å²) in [6.07, 6.45) is 2.72. The Labute approximate surface area is 92.3 Å². The summed E-state index contributed by atoms with van der Waals surface area (Å²) in [5, 5.41) is 3.52. The van der Waals surface area contributed by atoms with E-state index >= 15 is 0 Å². The molecule has 0 amide bonds. The highest BCUT2D eigenvalue weighted by atomic mass is 15.0. The molecule has 1 aliphatic carbocycles. The first-order valence-corrected chi connectivity index (χ1v) is 5.70. The second-order valence-corrected chi connectivity index (χ2v) is 4.71. The predicted octanol–water partition coefficient (Wildman–Crippen LogP) is 2.00. The Kier molecular flexibility index (Phi) is 3.39. The van der Waals surface area contributed by atoms with Crippen LogP contribution in [0, 0.1) is 0 Å². The highest BCUT2D eigenvalue weighted by Crippen LogP contribution is 2.19. The lowest BCUT2D eigenvalue weighted by Crippen LogP contribution is -2.15. The zero-order chi connectivity index (χ0) is 10.7. The van der Waals surface area contributed by atoms with Crippen molar-refractivity contribution in [3.63, 3.8) is 0 Å². The number of hydrogen-bond donors (Lipinski definition) is 1. The molecule has 1 N–H and O–H groups in total. The molecule has 2 heteroatoms. The smallest absolute Gasteiger partial charge is 0.0227 e. The van der Waals surface area contributed by atoms with Gasteiger partial charge in [0.15, 0.2) is 0 Å². The molecular weight excluding hydrogens is 184 g/mol. The molecule has 15 heavy (non-hydrogen) atoms. The van der Waals surface area contributed by atoms with E-state index in [9.17, 15) is 0 Å². The average molecular weight is 204 g/mol. The van der Waals surface area contributed by atoms with Crippen LogP contribution in [0.4, 0.5) is 0 Å². The summed E-state index contributed by atoms with van der Waals surface area (Å²) in [7, 11) is 4.20. The summed E-state index contributed by atoms with van der Waals surface area (Å²) in [5.41, 5.74) is 2.78. The van der Waals surface area contributed by atoms with Gasteiger partial charge in [0.05, 0.1) is 0 Å². The average Bonchev–Trinajstić information content (AvgIpc) is 2.99. The van der Waals surface area contributed by atoms with E-state index in [1.54, 1.807) is 0 Å². The fourth-order valence-electron chi connectivity index (χ4n) is 1.68. The van der Waals surface area contributed by atoms with E-state index in [4.69, 9.17) is 0 Å². The molecule has 2 nitrogen and oxygen atoms in total. The lowest BCUT2D eigenvalue weighted by Gasteiger charge is -2.10. The van der Waals surface area contributed by atoms with Gasteiger partial charge in [0.25, 0.3) is 0 Å². The maximum atomic E-state index is 3.52. The van der Waals surface area contributed by atoms with E-state index < -0.39 is 0 Å². The van der Waals surface area contributed by atoms with Crippen molar-refractivity contribution in [2.75, 3.05) is 14.1 Å². The maximum Gasteiger partial charge on any atom is 0.0227 e. The molecule has 1 aromatic rings. The van der Waals surface area contributed by atoms with Gasteiger partial charge in [0, 0.05) is 19.1 Å². The summed E-state index contributed by atoms with van der Waals surface area (Å²) in [6.45, 7) is 2.04. The van der Waals surface area contributed by atoms with Crippen LogP contribution in [0.2, 0.25) is 0 Å². The molecule has 0 aromatic heterocycles. The number of hydrogen-bond acceptors (Lipinski definition) is 2. The Balaban J connectivity index is 1.85. The van der Waals surface area contributed by atoms with Crippen LogP contribution in [0.25, 0.3) is 0 Å². The van der Waals surface area contributed by atoms with Gasteiger partial charge in [-0.2, -0.15) is 0 Å². The van der Waals surface area contributed by atoms with Crippen LogP contribution in [0.5, 0.6) is 0 Å². The topological polar surface area (TPSA) is 15.3 Å². The first-order chi connectivity index (χ1) is 7.24. The molecule has 0 radical (unpaired) electrons. The Morgan fingerprint density at radius 3 is 2.27 bits per heavy atom. The molecule has 0 atom stereocenters. The monoisotopic (exact) mass is 204 g/mol. The third-order valence-corrected chi connectivity index (χ3v) is 2.69. The zero-order valence-electron chi connectivity index (χ0n) is 9.66. The Hall–Kier alpha value is -0.860. The summed E-state index contributed by atoms with van der Waals surface area (Å²) in [4.78, 5) is 2.19. The van der Waals surface area contributed by atoms with Gasteiger partial charge in [-0.1, -0.05) is 24.3 Å². The normalized spacial score (nSPS) is 15.9. The molecule has 0 saturated heterocycles. The highest BCUT2D eigenvalue weighted by molar-refractivity contribution is 5.22. The minimum Gasteiger partial charge on any atom is -0.310 e. The van der Waals surface area contributed by atoms with Crippen molar-refractivity contribution in [1.29, 1.82) is 0 Å². The Morgan fingerprint density at radius 1 is 1.13 bits per heavy atom. The highest BCUT2D eigenvalue weighted by Gasteiger charge is 2.19. The summed E-state index contributed by atoms with van der Waals surface area (Å²) in [5.74, 6) is 0. The van der Waals surface area contributed by atoms with Crippen LogP contribution in [-0.2, 0) is 13.1 Å². The van der Waals surface area contributed by atoms with Crippen molar-refractivity contribution in [1.82, 2.24) is 10.2 Å². The molecule has 1 fully saturated rings. The first-order valence-electron chi connectivity index (χ1n) is 5.70. The molecule has 0 bridgehead atoms. The number of nitrogens with zero attached hydrogens (tertiary/aromatic N) is 1. The molecule has 0 unspecified atom stereocenters. The van der Waals surface area contributed by atoms with Gasteiger partial charge in [-0.3, -0.25) is 0 Å². The number of benzene rings is 1. The third kappa shape index (κ3) is 3.65. The van der Waals surface area contributed by atoms with E-state index in [0.29, 0.717) is 0 Å². The number of rotatable bonds is 5. The molecule has 1 aliphatic rings. The van der Waals surface area contributed by atoms with Crippen LogP contribution >= 0.6 is 0 Å². The largest absolute Gasteiger partial charge is 0.310 e. The zero-order valence-corrected chi connectivity index (χ0v) is 9.66. The van der Waals surface area contributed by atoms with Crippen molar-refractivity contribution < 1.29 is 0 Å². The van der Waals surface area contributed by atoms with Crippen molar-refractivity contribution >= 4 is 0 Å². The van der Waals surface area contributed by atoms with E-state index in [2.05, 4.69) is 48.6 Å². The minimum atomic E-state index is 0.798. The molecule has 82 valence electrons. The summed E-state index contributed by atoms with van der Waals surface area (Å²) in [6, 6.07) is 9.71. The van der Waals surface area contributed by atoms with Gasteiger partial charge in [0.2, 0.25) is 0 Å². The van der Waals surface area contributed by atoms with Crippen LogP contribution in [0.1, 0.15) is 24.0 Å². The molecule has 0 aliphatic heterocycles. The summed E-state index contributed by atoms with van der Waals surface area (Å²) >= 11 is 0. The Morgan fingerprint density at radius 2 is 1.73 bits per heavy atom. The van der Waals surface area contributed by atoms with Crippen molar-refractivity contribution in [3.05, 3.63) is 35.4 Å². The number of nitrogens with one attached hydrogen (secondary N) is 1. The fraction of sp³-hybridized carbons (Fsp3) is 0.538. The van der Waals surface area contributed by atoms with Gasteiger partial charge < -0.3 is 10.2 Å².